The van der Waals surface area contributed by atoms with E-state index >= 15 is 0 Å². The van der Waals surface area contributed by atoms with Crippen LogP contribution in [0.2, 0.25) is 0 Å². The van der Waals surface area contributed by atoms with Crippen LogP contribution in [-0.2, 0) is 0 Å². The Labute approximate surface area is 158 Å². The largest absolute Gasteiger partial charge is 0.402 e. The van der Waals surface area contributed by atoms with Gasteiger partial charge in [-0.25, -0.2) is 4.98 Å². The molecule has 0 bridgehead atoms. The molecular weight excluding hydrogens is 338 g/mol. The molecular formula is C21H25N5O. The van der Waals surface area contributed by atoms with Crippen LogP contribution in [0.3, 0.4) is 0 Å². The summed E-state index contributed by atoms with van der Waals surface area (Å²) in [6, 6.07) is 4.16. The normalized spacial score (nSPS) is 15.7. The fourth-order valence-electron chi connectivity index (χ4n) is 3.95. The molecule has 4 rings (SSSR count). The van der Waals surface area contributed by atoms with Crippen molar-refractivity contribution >= 4 is 22.3 Å². The van der Waals surface area contributed by atoms with Crippen LogP contribution in [0.4, 0.5) is 0 Å². The molecule has 1 aromatic carbocycles. The predicted octanol–water partition coefficient (Wildman–Crippen LogP) is 4.83. The molecule has 1 aliphatic carbocycles. The van der Waals surface area contributed by atoms with E-state index < -0.39 is 0 Å². The Balaban J connectivity index is 2.02. The first-order valence-electron chi connectivity index (χ1n) is 9.36. The van der Waals surface area contributed by atoms with Crippen LogP contribution in [0.15, 0.2) is 22.4 Å². The Kier molecular flexibility index (Phi) is 4.13. The Bertz CT molecular complexity index is 1060. The number of nitrogens with one attached hydrogen (secondary N) is 2. The van der Waals surface area contributed by atoms with Crippen molar-refractivity contribution in [3.63, 3.8) is 0 Å². The fourth-order valence-corrected chi connectivity index (χ4v) is 3.95. The molecule has 0 amide bonds. The van der Waals surface area contributed by atoms with Gasteiger partial charge in [0.1, 0.15) is 11.6 Å². The highest BCUT2D eigenvalue weighted by molar-refractivity contribution is 6.24. The van der Waals surface area contributed by atoms with Gasteiger partial charge in [-0.05, 0) is 58.2 Å². The van der Waals surface area contributed by atoms with Crippen molar-refractivity contribution in [1.82, 2.24) is 15.1 Å². The minimum absolute atomic E-state index is 0.431. The highest BCUT2D eigenvalue weighted by Gasteiger charge is 2.25. The molecule has 0 aliphatic heterocycles. The number of nitrogens with zero attached hydrogens (tertiary/aromatic N) is 2. The molecule has 4 N–H and O–H groups in total. The monoisotopic (exact) mass is 363 g/mol. The molecule has 27 heavy (non-hydrogen) atoms. The van der Waals surface area contributed by atoms with Crippen molar-refractivity contribution in [1.29, 1.82) is 5.41 Å². The zero-order chi connectivity index (χ0) is 19.3. The number of benzene rings is 1. The number of hydrogen-bond donors (Lipinski definition) is 3. The molecule has 3 aromatic rings. The van der Waals surface area contributed by atoms with Crippen LogP contribution in [-0.4, -0.2) is 20.8 Å². The van der Waals surface area contributed by atoms with Crippen LogP contribution in [0.1, 0.15) is 61.9 Å². The Morgan fingerprint density at radius 2 is 2.00 bits per heavy atom. The van der Waals surface area contributed by atoms with E-state index in [9.17, 15) is 0 Å². The lowest BCUT2D eigenvalue weighted by Crippen LogP contribution is -2.10. The first kappa shape index (κ1) is 17.5. The van der Waals surface area contributed by atoms with Crippen molar-refractivity contribution in [3.05, 3.63) is 40.7 Å². The maximum atomic E-state index is 8.26. The number of aromatic nitrogens is 3. The third-order valence-electron chi connectivity index (χ3n) is 5.46. The zero-order valence-electron chi connectivity index (χ0n) is 16.2. The van der Waals surface area contributed by atoms with Gasteiger partial charge in [0, 0.05) is 34.0 Å². The summed E-state index contributed by atoms with van der Waals surface area (Å²) in [6.07, 6.45) is 3.60. The van der Waals surface area contributed by atoms with Gasteiger partial charge in [0.15, 0.2) is 0 Å². The van der Waals surface area contributed by atoms with Crippen LogP contribution in [0.25, 0.3) is 27.7 Å². The number of fused-ring (bicyclic) bond motifs is 1. The van der Waals surface area contributed by atoms with E-state index in [2.05, 4.69) is 22.3 Å². The molecule has 2 aromatic heterocycles. The van der Waals surface area contributed by atoms with Crippen molar-refractivity contribution in [2.75, 3.05) is 0 Å². The number of allylic oxidation sites excluding steroid dienone is 2. The van der Waals surface area contributed by atoms with Gasteiger partial charge in [-0.3, -0.25) is 0 Å². The maximum Gasteiger partial charge on any atom is 0.141 e. The third kappa shape index (κ3) is 2.85. The lowest BCUT2D eigenvalue weighted by atomic mass is 9.85. The number of aryl methyl sites for hydroxylation is 2. The summed E-state index contributed by atoms with van der Waals surface area (Å²) < 4.78 is 5.37. The van der Waals surface area contributed by atoms with Gasteiger partial charge in [0.25, 0.3) is 0 Å². The van der Waals surface area contributed by atoms with E-state index in [1.807, 2.05) is 20.8 Å². The first-order valence-corrected chi connectivity index (χ1v) is 9.36. The number of hydrogen-bond acceptors (Lipinski definition) is 5. The average molecular weight is 363 g/mol. The standard InChI is InChI=1S/C21H25N5O/c1-10(22)18(11(2)23)16-8-15(19-12(3)26-27-13(19)4)9-17-20(16)25-21(24-17)14-6-5-7-14/h8-9,14,22H,5-7,23H2,1-4H3,(H,24,25). The minimum Gasteiger partial charge on any atom is -0.402 e. The smallest absolute Gasteiger partial charge is 0.141 e. The molecule has 140 valence electrons. The Hall–Kier alpha value is -2.89. The number of rotatable bonds is 4. The molecule has 1 saturated carbocycles. The Morgan fingerprint density at radius 3 is 2.52 bits per heavy atom. The van der Waals surface area contributed by atoms with E-state index in [-0.39, 0.29) is 0 Å². The molecule has 2 heterocycles. The summed E-state index contributed by atoms with van der Waals surface area (Å²) in [4.78, 5) is 8.42. The molecule has 0 radical (unpaired) electrons. The summed E-state index contributed by atoms with van der Waals surface area (Å²) in [5.74, 6) is 2.31. The first-order chi connectivity index (χ1) is 12.9. The highest BCUT2D eigenvalue weighted by atomic mass is 16.5. The van der Waals surface area contributed by atoms with Crippen LogP contribution < -0.4 is 5.73 Å². The maximum absolute atomic E-state index is 8.26. The van der Waals surface area contributed by atoms with Crippen LogP contribution in [0, 0.1) is 19.3 Å². The van der Waals surface area contributed by atoms with E-state index in [0.29, 0.717) is 17.3 Å². The lowest BCUT2D eigenvalue weighted by Gasteiger charge is -2.22. The lowest BCUT2D eigenvalue weighted by molar-refractivity contribution is 0.393. The molecule has 0 unspecified atom stereocenters. The summed E-state index contributed by atoms with van der Waals surface area (Å²) >= 11 is 0. The molecule has 1 aliphatic rings. The van der Waals surface area contributed by atoms with Gasteiger partial charge in [0.05, 0.1) is 16.7 Å². The van der Waals surface area contributed by atoms with Gasteiger partial charge in [0.2, 0.25) is 0 Å². The van der Waals surface area contributed by atoms with Gasteiger partial charge in [-0.2, -0.15) is 0 Å². The second kappa shape index (κ2) is 6.37. The highest BCUT2D eigenvalue weighted by Crippen LogP contribution is 2.39. The van der Waals surface area contributed by atoms with E-state index in [0.717, 1.165) is 50.6 Å². The fraction of sp³-hybridized carbons (Fsp3) is 0.381. The molecule has 6 heteroatoms. The summed E-state index contributed by atoms with van der Waals surface area (Å²) in [5.41, 5.74) is 13.5. The van der Waals surface area contributed by atoms with E-state index in [1.165, 1.54) is 19.3 Å². The zero-order valence-corrected chi connectivity index (χ0v) is 16.2. The van der Waals surface area contributed by atoms with Gasteiger partial charge < -0.3 is 20.7 Å². The van der Waals surface area contributed by atoms with Gasteiger partial charge in [-0.15, -0.1) is 0 Å². The quantitative estimate of drug-likeness (QED) is 0.577. The number of imidazole rings is 1. The van der Waals surface area contributed by atoms with Crippen molar-refractivity contribution in [2.45, 2.75) is 52.9 Å². The predicted molar refractivity (Wildman–Crippen MR) is 108 cm³/mol. The van der Waals surface area contributed by atoms with E-state index in [1.54, 1.807) is 6.92 Å². The molecule has 6 nitrogen and oxygen atoms in total. The Morgan fingerprint density at radius 1 is 1.26 bits per heavy atom. The third-order valence-corrected chi connectivity index (χ3v) is 5.46. The van der Waals surface area contributed by atoms with Crippen molar-refractivity contribution in [2.24, 2.45) is 5.73 Å². The second-order valence-corrected chi connectivity index (χ2v) is 7.55. The van der Waals surface area contributed by atoms with Gasteiger partial charge in [-0.1, -0.05) is 11.6 Å². The molecule has 0 atom stereocenters. The van der Waals surface area contributed by atoms with Crippen LogP contribution >= 0.6 is 0 Å². The second-order valence-electron chi connectivity index (χ2n) is 7.55. The molecule has 1 fully saturated rings. The topological polar surface area (TPSA) is 105 Å². The SMILES string of the molecule is CC(=N)C(=C(C)N)c1cc(-c2c(C)noc2C)cc2[nH]c(C3CCC3)nc12. The van der Waals surface area contributed by atoms with E-state index in [4.69, 9.17) is 20.7 Å². The van der Waals surface area contributed by atoms with Gasteiger partial charge >= 0.3 is 0 Å². The summed E-state index contributed by atoms with van der Waals surface area (Å²) in [5, 5.41) is 12.3. The molecule has 0 spiro atoms. The summed E-state index contributed by atoms with van der Waals surface area (Å²) in [6.45, 7) is 7.45. The summed E-state index contributed by atoms with van der Waals surface area (Å²) in [7, 11) is 0. The van der Waals surface area contributed by atoms with Crippen LogP contribution in [0.5, 0.6) is 0 Å². The minimum atomic E-state index is 0.431. The number of aromatic amines is 1. The molecule has 0 saturated heterocycles. The number of nitrogens with two attached hydrogens (primary N) is 1. The number of H-pyrrole nitrogens is 1. The van der Waals surface area contributed by atoms with Crippen molar-refractivity contribution in [3.8, 4) is 11.1 Å². The average Bonchev–Trinajstić information content (AvgIpc) is 3.08. The van der Waals surface area contributed by atoms with Crippen molar-refractivity contribution < 1.29 is 4.52 Å².